The Balaban J connectivity index is 1.55. The molecule has 0 aromatic rings. The van der Waals surface area contributed by atoms with Gasteiger partial charge >= 0.3 is 0 Å². The van der Waals surface area contributed by atoms with Crippen LogP contribution in [0, 0.1) is 52.3 Å². The molecule has 3 fully saturated rings. The van der Waals surface area contributed by atoms with Crippen LogP contribution in [-0.2, 0) is 4.79 Å². The van der Waals surface area contributed by atoms with Gasteiger partial charge in [0.05, 0.1) is 6.10 Å². The molecule has 3 heteroatoms. The van der Waals surface area contributed by atoms with Gasteiger partial charge in [0.2, 0.25) is 0 Å². The van der Waals surface area contributed by atoms with Gasteiger partial charge in [-0.1, -0.05) is 58.4 Å². The fourth-order valence-corrected chi connectivity index (χ4v) is 8.80. The zero-order valence-electron chi connectivity index (χ0n) is 21.0. The van der Waals surface area contributed by atoms with Crippen LogP contribution in [-0.4, -0.2) is 17.2 Å². The maximum atomic E-state index is 11.9. The average Bonchev–Trinajstić information content (AvgIpc) is 3.09. The third kappa shape index (κ3) is 3.71. The predicted molar refractivity (Wildman–Crippen MR) is 127 cm³/mol. The summed E-state index contributed by atoms with van der Waals surface area (Å²) >= 11 is 0. The molecule has 4 aliphatic rings. The highest BCUT2D eigenvalue weighted by Crippen LogP contribution is 2.67. The second-order valence-electron chi connectivity index (χ2n) is 12.7. The van der Waals surface area contributed by atoms with Crippen LogP contribution in [0.5, 0.6) is 0 Å². The van der Waals surface area contributed by atoms with Crippen molar-refractivity contribution in [3.05, 3.63) is 23.8 Å². The summed E-state index contributed by atoms with van der Waals surface area (Å²) in [5.74, 6) is 1.42. The first-order valence-electron chi connectivity index (χ1n) is 13.3. The monoisotopic (exact) mass is 441 g/mol. The third-order valence-corrected chi connectivity index (χ3v) is 11.0. The predicted octanol–water partition coefficient (Wildman–Crippen LogP) is 5.53. The second kappa shape index (κ2) is 8.60. The molecule has 0 unspecified atom stereocenters. The number of aliphatic hydroxyl groups is 1. The number of aliphatic hydroxyl groups excluding tert-OH is 1. The minimum absolute atomic E-state index is 0.00697. The minimum Gasteiger partial charge on any atom is -0.550 e. The molecular weight excluding hydrogens is 396 g/mol. The first kappa shape index (κ1) is 24.0. The molecule has 4 aliphatic carbocycles. The first-order chi connectivity index (χ1) is 15.0. The second-order valence-corrected chi connectivity index (χ2v) is 12.7. The van der Waals surface area contributed by atoms with Crippen LogP contribution in [0.3, 0.4) is 0 Å². The lowest BCUT2D eigenvalue weighted by atomic mass is 9.46. The Bertz CT molecular complexity index is 781. The van der Waals surface area contributed by atoms with Crippen LogP contribution in [0.25, 0.3) is 0 Å². The van der Waals surface area contributed by atoms with Gasteiger partial charge in [0.15, 0.2) is 0 Å². The zero-order valence-corrected chi connectivity index (χ0v) is 21.0. The lowest BCUT2D eigenvalue weighted by Crippen LogP contribution is -2.57. The van der Waals surface area contributed by atoms with E-state index in [1.165, 1.54) is 37.7 Å². The Labute approximate surface area is 195 Å². The highest BCUT2D eigenvalue weighted by molar-refractivity contribution is 5.69. The quantitative estimate of drug-likeness (QED) is 0.551. The number of fused-ring (bicyclic) bond motifs is 5. The van der Waals surface area contributed by atoms with E-state index in [4.69, 9.17) is 0 Å². The van der Waals surface area contributed by atoms with Crippen molar-refractivity contribution in [2.75, 3.05) is 0 Å². The van der Waals surface area contributed by atoms with Crippen molar-refractivity contribution in [2.24, 2.45) is 52.3 Å². The van der Waals surface area contributed by atoms with E-state index in [-0.39, 0.29) is 11.3 Å². The third-order valence-electron chi connectivity index (χ3n) is 11.0. The summed E-state index contributed by atoms with van der Waals surface area (Å²) in [6.45, 7) is 16.2. The summed E-state index contributed by atoms with van der Waals surface area (Å²) in [7, 11) is 0. The van der Waals surface area contributed by atoms with Crippen LogP contribution >= 0.6 is 0 Å². The molecule has 3 saturated carbocycles. The smallest absolute Gasteiger partial charge is 0.0623 e. The molecule has 0 aromatic heterocycles. The van der Waals surface area contributed by atoms with Gasteiger partial charge in [-0.2, -0.15) is 0 Å². The Morgan fingerprint density at radius 3 is 2.44 bits per heavy atom. The zero-order chi connectivity index (χ0) is 23.4. The van der Waals surface area contributed by atoms with E-state index < -0.39 is 18.0 Å². The summed E-state index contributed by atoms with van der Waals surface area (Å²) in [6, 6.07) is 0. The molecule has 0 amide bonds. The number of carboxylic acids is 1. The lowest BCUT2D eigenvalue weighted by molar-refractivity contribution is -0.320. The van der Waals surface area contributed by atoms with Gasteiger partial charge in [-0.25, -0.2) is 0 Å². The summed E-state index contributed by atoms with van der Waals surface area (Å²) < 4.78 is 0. The van der Waals surface area contributed by atoms with Crippen LogP contribution in [0.4, 0.5) is 0 Å². The maximum absolute atomic E-state index is 11.9. The molecule has 9 atom stereocenters. The molecule has 180 valence electrons. The maximum Gasteiger partial charge on any atom is 0.0623 e. The lowest BCUT2D eigenvalue weighted by Gasteiger charge is -2.59. The van der Waals surface area contributed by atoms with E-state index in [1.54, 1.807) is 5.57 Å². The van der Waals surface area contributed by atoms with Gasteiger partial charge < -0.3 is 15.0 Å². The van der Waals surface area contributed by atoms with Gasteiger partial charge in [0.1, 0.15) is 0 Å². The molecule has 0 saturated heterocycles. The number of carbonyl (C=O) groups is 1. The van der Waals surface area contributed by atoms with E-state index in [9.17, 15) is 15.0 Å². The van der Waals surface area contributed by atoms with Crippen LogP contribution in [0.15, 0.2) is 23.8 Å². The van der Waals surface area contributed by atoms with Crippen molar-refractivity contribution in [1.82, 2.24) is 0 Å². The van der Waals surface area contributed by atoms with Gasteiger partial charge in [-0.05, 0) is 104 Å². The van der Waals surface area contributed by atoms with E-state index in [2.05, 4.69) is 47.3 Å². The normalized spacial score (nSPS) is 44.3. The average molecular weight is 442 g/mol. The fourth-order valence-electron chi connectivity index (χ4n) is 8.80. The van der Waals surface area contributed by atoms with Gasteiger partial charge in [0, 0.05) is 11.9 Å². The molecule has 32 heavy (non-hydrogen) atoms. The Morgan fingerprint density at radius 1 is 1.12 bits per heavy atom. The van der Waals surface area contributed by atoms with Gasteiger partial charge in [0.25, 0.3) is 0 Å². The highest BCUT2D eigenvalue weighted by Gasteiger charge is 2.59. The molecule has 0 heterocycles. The van der Waals surface area contributed by atoms with Gasteiger partial charge in [-0.15, -0.1) is 0 Å². The van der Waals surface area contributed by atoms with Crippen molar-refractivity contribution < 1.29 is 15.0 Å². The van der Waals surface area contributed by atoms with Gasteiger partial charge in [-0.3, -0.25) is 0 Å². The molecule has 3 nitrogen and oxygen atoms in total. The molecule has 0 bridgehead atoms. The Kier molecular flexibility index (Phi) is 6.46. The molecule has 4 rings (SSSR count). The van der Waals surface area contributed by atoms with E-state index >= 15 is 0 Å². The fraction of sp³-hybridized carbons (Fsp3) is 0.828. The number of carbonyl (C=O) groups excluding carboxylic acids is 1. The van der Waals surface area contributed by atoms with Crippen molar-refractivity contribution in [3.63, 3.8) is 0 Å². The Hall–Kier alpha value is -1.09. The standard InChI is InChI=1S/C29H46O3/c1-17(2)18(3)7-8-19(4)21-11-12-22-20-9-10-24-26(27(31)32)25(30)14-16-29(24,6)23(20)13-15-28(21,22)5/h9,17,19,21-26,30H,3,7-8,10-16H2,1-2,4-6H3,(H,31,32)/p-1/t19-,21-,22+,23+,24+,25+,26+,28-,29-/m1/s1. The number of allylic oxidation sites excluding steroid dienone is 3. The summed E-state index contributed by atoms with van der Waals surface area (Å²) in [5.41, 5.74) is 3.38. The summed E-state index contributed by atoms with van der Waals surface area (Å²) in [5, 5.41) is 22.4. The molecule has 0 aliphatic heterocycles. The molecule has 0 aromatic carbocycles. The highest BCUT2D eigenvalue weighted by atomic mass is 16.4. The SMILES string of the molecule is C=C(CC[C@@H](C)[C@H]1CC[C@H]2C3=CC[C@H]4[C@H](C(=O)[O-])[C@@H](O)CC[C@]4(C)[C@H]3CC[C@]12C)C(C)C. The number of aliphatic carboxylic acids is 1. The Morgan fingerprint density at radius 2 is 1.78 bits per heavy atom. The summed E-state index contributed by atoms with van der Waals surface area (Å²) in [4.78, 5) is 11.9. The molecule has 1 N–H and O–H groups in total. The minimum atomic E-state index is -1.05. The van der Waals surface area contributed by atoms with Crippen LogP contribution < -0.4 is 5.11 Å². The topological polar surface area (TPSA) is 60.4 Å². The number of rotatable bonds is 6. The van der Waals surface area contributed by atoms with Crippen molar-refractivity contribution >= 4 is 5.97 Å². The molecule has 0 spiro atoms. The van der Waals surface area contributed by atoms with E-state index in [1.807, 2.05) is 0 Å². The number of hydrogen-bond donors (Lipinski definition) is 1. The van der Waals surface area contributed by atoms with E-state index in [0.717, 1.165) is 31.1 Å². The molecular formula is C29H45O3-. The van der Waals surface area contributed by atoms with E-state index in [0.29, 0.717) is 29.6 Å². The number of hydrogen-bond acceptors (Lipinski definition) is 3. The largest absolute Gasteiger partial charge is 0.550 e. The van der Waals surface area contributed by atoms with Crippen molar-refractivity contribution in [2.45, 2.75) is 98.5 Å². The van der Waals surface area contributed by atoms with Crippen molar-refractivity contribution in [3.8, 4) is 0 Å². The molecule has 0 radical (unpaired) electrons. The number of carboxylic acid groups (broad SMARTS) is 1. The first-order valence-corrected chi connectivity index (χ1v) is 13.3. The van der Waals surface area contributed by atoms with Crippen molar-refractivity contribution in [1.29, 1.82) is 0 Å². The van der Waals surface area contributed by atoms with Crippen LogP contribution in [0.1, 0.15) is 92.4 Å². The van der Waals surface area contributed by atoms with Crippen LogP contribution in [0.2, 0.25) is 0 Å². The summed E-state index contributed by atoms with van der Waals surface area (Å²) in [6.07, 6.45) is 11.4.